The van der Waals surface area contributed by atoms with Gasteiger partial charge in [-0.1, -0.05) is 47.6 Å². The zero-order chi connectivity index (χ0) is 28.5. The largest absolute Gasteiger partial charge is 0.381 e. The molecule has 41 heavy (non-hydrogen) atoms. The molecule has 1 saturated heterocycles. The van der Waals surface area contributed by atoms with Gasteiger partial charge in [0.2, 0.25) is 5.91 Å². The van der Waals surface area contributed by atoms with E-state index in [2.05, 4.69) is 74.9 Å². The first-order valence-electron chi connectivity index (χ1n) is 14.1. The summed E-state index contributed by atoms with van der Waals surface area (Å²) < 4.78 is 5.21. The van der Waals surface area contributed by atoms with Crippen molar-refractivity contribution in [3.05, 3.63) is 106 Å². The summed E-state index contributed by atoms with van der Waals surface area (Å²) in [6.07, 6.45) is 0.201. The number of carbonyl (C=O) groups is 1. The molecule has 6 rings (SSSR count). The number of nitriles is 1. The number of anilines is 3. The van der Waals surface area contributed by atoms with Crippen LogP contribution in [0.1, 0.15) is 45.3 Å². The van der Waals surface area contributed by atoms with Crippen LogP contribution in [0.15, 0.2) is 71.3 Å². The Morgan fingerprint density at radius 3 is 2.51 bits per heavy atom. The molecule has 3 heterocycles. The molecule has 2 aliphatic rings. The van der Waals surface area contributed by atoms with Crippen LogP contribution >= 0.6 is 0 Å². The molecule has 1 unspecified atom stereocenters. The van der Waals surface area contributed by atoms with E-state index in [0.29, 0.717) is 17.0 Å². The average molecular weight is 547 g/mol. The number of nitrogens with one attached hydrogen (secondary N) is 1. The van der Waals surface area contributed by atoms with Gasteiger partial charge >= 0.3 is 0 Å². The lowest BCUT2D eigenvalue weighted by Gasteiger charge is -2.41. The number of para-hydroxylation sites is 1. The number of hydrogen-bond acceptors (Lipinski definition) is 7. The third-order valence-electron chi connectivity index (χ3n) is 8.47. The topological polar surface area (TPSA) is 88.6 Å². The van der Waals surface area contributed by atoms with Crippen LogP contribution in [0.4, 0.5) is 17.1 Å². The van der Waals surface area contributed by atoms with Gasteiger partial charge in [-0.25, -0.2) is 0 Å². The Kier molecular flexibility index (Phi) is 7.21. The maximum Gasteiger partial charge on any atom is 0.231 e. The normalized spacial score (nSPS) is 16.6. The summed E-state index contributed by atoms with van der Waals surface area (Å²) in [5.41, 5.74) is 8.88. The summed E-state index contributed by atoms with van der Waals surface area (Å²) in [7, 11) is 1.74. The van der Waals surface area contributed by atoms with Crippen molar-refractivity contribution in [1.82, 2.24) is 10.1 Å². The van der Waals surface area contributed by atoms with Crippen LogP contribution in [0.3, 0.4) is 0 Å². The number of aryl methyl sites for hydroxylation is 2. The number of likely N-dealkylation sites (N-methyl/N-ethyl adjacent to an activating group) is 1. The zero-order valence-corrected chi connectivity index (χ0v) is 23.7. The molecule has 208 valence electrons. The van der Waals surface area contributed by atoms with Crippen molar-refractivity contribution >= 4 is 23.0 Å². The minimum atomic E-state index is -0.0805. The van der Waals surface area contributed by atoms with Crippen molar-refractivity contribution in [2.45, 2.75) is 32.9 Å². The summed E-state index contributed by atoms with van der Waals surface area (Å²) in [4.78, 5) is 19.5. The first kappa shape index (κ1) is 26.6. The molecule has 1 atom stereocenters. The fourth-order valence-corrected chi connectivity index (χ4v) is 6.10. The second-order valence-electron chi connectivity index (χ2n) is 10.8. The van der Waals surface area contributed by atoms with Crippen LogP contribution < -0.4 is 15.1 Å². The third-order valence-corrected chi connectivity index (χ3v) is 8.47. The molecule has 0 saturated carbocycles. The van der Waals surface area contributed by atoms with E-state index in [1.807, 2.05) is 32.0 Å². The summed E-state index contributed by atoms with van der Waals surface area (Å²) in [5.74, 6) is 0.576. The van der Waals surface area contributed by atoms with E-state index in [1.54, 1.807) is 11.9 Å². The molecule has 4 aromatic rings. The van der Waals surface area contributed by atoms with Crippen LogP contribution in [-0.2, 0) is 17.8 Å². The highest BCUT2D eigenvalue weighted by Gasteiger charge is 2.31. The van der Waals surface area contributed by atoms with Crippen molar-refractivity contribution in [3.63, 3.8) is 0 Å². The van der Waals surface area contributed by atoms with Gasteiger partial charge in [-0.3, -0.25) is 9.69 Å². The number of carbonyl (C=O) groups excluding carboxylic acids is 1. The Balaban J connectivity index is 1.19. The molecule has 8 nitrogen and oxygen atoms in total. The predicted octanol–water partition coefficient (Wildman–Crippen LogP) is 5.21. The van der Waals surface area contributed by atoms with E-state index >= 15 is 0 Å². The second-order valence-corrected chi connectivity index (χ2v) is 10.8. The number of amides is 1. The van der Waals surface area contributed by atoms with Crippen LogP contribution in [0.2, 0.25) is 0 Å². The summed E-state index contributed by atoms with van der Waals surface area (Å²) in [5, 5.41) is 17.6. The molecule has 1 N–H and O–H groups in total. The Hall–Kier alpha value is -4.61. The van der Waals surface area contributed by atoms with Crippen LogP contribution in [0.5, 0.6) is 0 Å². The highest BCUT2D eigenvalue weighted by molar-refractivity contribution is 5.95. The Morgan fingerprint density at radius 1 is 1.05 bits per heavy atom. The highest BCUT2D eigenvalue weighted by atomic mass is 16.5. The number of fused-ring (bicyclic) bond motifs is 2. The monoisotopic (exact) mass is 546 g/mol. The lowest BCUT2D eigenvalue weighted by molar-refractivity contribution is -0.117. The molecule has 1 fully saturated rings. The van der Waals surface area contributed by atoms with Gasteiger partial charge in [0.1, 0.15) is 11.8 Å². The van der Waals surface area contributed by atoms with E-state index in [-0.39, 0.29) is 18.4 Å². The van der Waals surface area contributed by atoms with Crippen molar-refractivity contribution in [1.29, 1.82) is 5.26 Å². The SMILES string of the molecule is Cc1noc(C)c1CC(=O)N(C)c1ccc(N2CCN(C3c4ccccc4CNc4ccccc43)CC2)c(C#N)c1. The van der Waals surface area contributed by atoms with Crippen LogP contribution in [-0.4, -0.2) is 49.2 Å². The summed E-state index contributed by atoms with van der Waals surface area (Å²) in [6.45, 7) is 7.83. The number of hydrogen-bond donors (Lipinski definition) is 1. The van der Waals surface area contributed by atoms with E-state index in [9.17, 15) is 10.1 Å². The number of aromatic nitrogens is 1. The van der Waals surface area contributed by atoms with Gasteiger partial charge in [0.25, 0.3) is 0 Å². The molecule has 0 aliphatic carbocycles. The zero-order valence-electron chi connectivity index (χ0n) is 23.7. The highest BCUT2D eigenvalue weighted by Crippen LogP contribution is 2.39. The smallest absolute Gasteiger partial charge is 0.231 e. The lowest BCUT2D eigenvalue weighted by atomic mass is 9.93. The minimum absolute atomic E-state index is 0.0805. The van der Waals surface area contributed by atoms with E-state index in [4.69, 9.17) is 4.52 Å². The van der Waals surface area contributed by atoms with Gasteiger partial charge in [-0.05, 0) is 54.8 Å². The third kappa shape index (κ3) is 5.05. The maximum absolute atomic E-state index is 13.0. The minimum Gasteiger partial charge on any atom is -0.381 e. The Morgan fingerprint density at radius 2 is 1.78 bits per heavy atom. The quantitative estimate of drug-likeness (QED) is 0.368. The number of benzene rings is 3. The summed E-state index contributed by atoms with van der Waals surface area (Å²) >= 11 is 0. The van der Waals surface area contributed by atoms with Crippen molar-refractivity contribution < 1.29 is 9.32 Å². The molecule has 0 radical (unpaired) electrons. The Bertz CT molecular complexity index is 1560. The molecule has 8 heteroatoms. The fourth-order valence-electron chi connectivity index (χ4n) is 6.10. The summed E-state index contributed by atoms with van der Waals surface area (Å²) in [6, 6.07) is 25.6. The standard InChI is InChI=1S/C33H34N6O2/c1-22-29(23(2)41-36-22)19-32(40)37(3)26-12-13-31(25(18-26)20-34)38-14-16-39(17-15-38)33-27-9-5-4-8-24(27)21-35-30-11-7-6-10-28(30)33/h4-13,18,33,35H,14-17,19,21H2,1-3H3. The first-order valence-corrected chi connectivity index (χ1v) is 14.1. The molecule has 1 amide bonds. The number of rotatable bonds is 5. The molecule has 3 aromatic carbocycles. The molecular formula is C33H34N6O2. The van der Waals surface area contributed by atoms with Gasteiger partial charge in [0, 0.05) is 56.7 Å². The average Bonchev–Trinajstić information content (AvgIpc) is 3.22. The van der Waals surface area contributed by atoms with Gasteiger partial charge < -0.3 is 19.6 Å². The van der Waals surface area contributed by atoms with E-state index < -0.39 is 0 Å². The van der Waals surface area contributed by atoms with Crippen LogP contribution in [0, 0.1) is 25.2 Å². The Labute approximate surface area is 240 Å². The van der Waals surface area contributed by atoms with Gasteiger partial charge in [0.15, 0.2) is 0 Å². The van der Waals surface area contributed by atoms with E-state index in [0.717, 1.165) is 49.7 Å². The van der Waals surface area contributed by atoms with Gasteiger partial charge in [-0.15, -0.1) is 0 Å². The van der Waals surface area contributed by atoms with Gasteiger partial charge in [0.05, 0.1) is 29.4 Å². The fraction of sp³-hybridized carbons (Fsp3) is 0.303. The molecule has 1 aromatic heterocycles. The molecular weight excluding hydrogens is 512 g/mol. The van der Waals surface area contributed by atoms with Crippen molar-refractivity contribution in [2.75, 3.05) is 48.3 Å². The van der Waals surface area contributed by atoms with Crippen LogP contribution in [0.25, 0.3) is 0 Å². The number of piperazine rings is 1. The van der Waals surface area contributed by atoms with Gasteiger partial charge in [-0.2, -0.15) is 5.26 Å². The predicted molar refractivity (Wildman–Crippen MR) is 160 cm³/mol. The first-order chi connectivity index (χ1) is 19.9. The number of nitrogens with zero attached hydrogens (tertiary/aromatic N) is 5. The molecule has 2 aliphatic heterocycles. The lowest BCUT2D eigenvalue weighted by Crippen LogP contribution is -2.48. The van der Waals surface area contributed by atoms with Crippen molar-refractivity contribution in [2.24, 2.45) is 0 Å². The molecule has 0 bridgehead atoms. The second kappa shape index (κ2) is 11.1. The van der Waals surface area contributed by atoms with E-state index in [1.165, 1.54) is 22.4 Å². The molecule has 0 spiro atoms. The maximum atomic E-state index is 13.0. The van der Waals surface area contributed by atoms with Crippen molar-refractivity contribution in [3.8, 4) is 6.07 Å².